The molecule has 19 heavy (non-hydrogen) atoms. The Bertz CT molecular complexity index is 293. The van der Waals surface area contributed by atoms with Gasteiger partial charge >= 0.3 is 6.03 Å². The highest BCUT2D eigenvalue weighted by Gasteiger charge is 2.45. The maximum Gasteiger partial charge on any atom is 0.315 e. The van der Waals surface area contributed by atoms with E-state index in [4.69, 9.17) is 26.2 Å². The van der Waals surface area contributed by atoms with Gasteiger partial charge in [-0.05, 0) is 0 Å². The minimum absolute atomic E-state index is 0.250. The van der Waals surface area contributed by atoms with E-state index >= 15 is 0 Å². The zero-order valence-corrected chi connectivity index (χ0v) is 11.2. The zero-order valence-electron chi connectivity index (χ0n) is 10.5. The average molecular weight is 299 g/mol. The molecule has 9 heteroatoms. The molecule has 1 aliphatic rings. The highest BCUT2D eigenvalue weighted by atomic mass is 35.5. The summed E-state index contributed by atoms with van der Waals surface area (Å²) in [6, 6.07) is -1.52. The molecule has 0 aliphatic carbocycles. The topological polar surface area (TPSA) is 120 Å². The lowest BCUT2D eigenvalue weighted by Gasteiger charge is -2.41. The Kier molecular flexibility index (Phi) is 6.76. The van der Waals surface area contributed by atoms with Crippen LogP contribution >= 0.6 is 11.6 Å². The molecule has 1 saturated heterocycles. The minimum atomic E-state index is -1.32. The number of hydrogen-bond donors (Lipinski definition) is 5. The second kappa shape index (κ2) is 7.83. The Morgan fingerprint density at radius 1 is 1.42 bits per heavy atom. The number of rotatable bonds is 5. The molecule has 2 amide bonds. The molecule has 0 radical (unpaired) electrons. The Labute approximate surface area is 115 Å². The summed E-state index contributed by atoms with van der Waals surface area (Å²) in [4.78, 5) is 11.5. The molecule has 0 unspecified atom stereocenters. The van der Waals surface area contributed by atoms with Crippen LogP contribution in [0.15, 0.2) is 0 Å². The molecule has 5 N–H and O–H groups in total. The van der Waals surface area contributed by atoms with Crippen LogP contribution in [0, 0.1) is 0 Å². The number of carbonyl (C=O) groups is 1. The van der Waals surface area contributed by atoms with Crippen molar-refractivity contribution in [1.82, 2.24) is 10.6 Å². The summed E-state index contributed by atoms with van der Waals surface area (Å²) in [5.74, 6) is 0.250. The number of aliphatic hydroxyl groups excluding tert-OH is 3. The largest absolute Gasteiger partial charge is 0.394 e. The highest BCUT2D eigenvalue weighted by molar-refractivity contribution is 6.18. The second-order valence-electron chi connectivity index (χ2n) is 4.06. The first-order valence-corrected chi connectivity index (χ1v) is 6.34. The molecule has 1 rings (SSSR count). The maximum atomic E-state index is 11.5. The summed E-state index contributed by atoms with van der Waals surface area (Å²) in [7, 11) is 1.33. The molecule has 112 valence electrons. The number of alkyl halides is 1. The average Bonchev–Trinajstić information content (AvgIpc) is 2.42. The second-order valence-corrected chi connectivity index (χ2v) is 4.44. The van der Waals surface area contributed by atoms with Crippen LogP contribution in [0.3, 0.4) is 0 Å². The van der Waals surface area contributed by atoms with Gasteiger partial charge in [0, 0.05) is 19.5 Å². The number of nitrogens with one attached hydrogen (secondary N) is 2. The van der Waals surface area contributed by atoms with Crippen molar-refractivity contribution in [3.05, 3.63) is 0 Å². The van der Waals surface area contributed by atoms with E-state index in [1.165, 1.54) is 7.11 Å². The molecule has 0 aromatic heterocycles. The smallest absolute Gasteiger partial charge is 0.315 e. The summed E-state index contributed by atoms with van der Waals surface area (Å²) in [5.41, 5.74) is 0. The van der Waals surface area contributed by atoms with Crippen molar-refractivity contribution in [1.29, 1.82) is 0 Å². The van der Waals surface area contributed by atoms with Gasteiger partial charge in [-0.1, -0.05) is 0 Å². The molecule has 0 saturated carbocycles. The van der Waals surface area contributed by atoms with E-state index in [9.17, 15) is 15.0 Å². The van der Waals surface area contributed by atoms with E-state index in [-0.39, 0.29) is 12.4 Å². The molecule has 1 aliphatic heterocycles. The number of urea groups is 1. The van der Waals surface area contributed by atoms with Gasteiger partial charge in [0.2, 0.25) is 0 Å². The van der Waals surface area contributed by atoms with Gasteiger partial charge in [0.05, 0.1) is 6.61 Å². The van der Waals surface area contributed by atoms with E-state index in [0.29, 0.717) is 0 Å². The fourth-order valence-electron chi connectivity index (χ4n) is 1.80. The molecule has 1 fully saturated rings. The first-order chi connectivity index (χ1) is 9.04. The van der Waals surface area contributed by atoms with Crippen molar-refractivity contribution in [3.63, 3.8) is 0 Å². The van der Waals surface area contributed by atoms with Crippen LogP contribution in [0.5, 0.6) is 0 Å². The van der Waals surface area contributed by atoms with E-state index in [1.807, 2.05) is 0 Å². The lowest BCUT2D eigenvalue weighted by atomic mass is 9.97. The van der Waals surface area contributed by atoms with Crippen LogP contribution in [0.2, 0.25) is 0 Å². The molecule has 5 atom stereocenters. The summed E-state index contributed by atoms with van der Waals surface area (Å²) < 4.78 is 10.2. The molecular formula is C10H19ClN2O6. The third kappa shape index (κ3) is 4.16. The quantitative estimate of drug-likeness (QED) is 0.374. The van der Waals surface area contributed by atoms with Crippen molar-refractivity contribution in [2.24, 2.45) is 0 Å². The highest BCUT2D eigenvalue weighted by Crippen LogP contribution is 2.21. The Morgan fingerprint density at radius 2 is 2.11 bits per heavy atom. The molecule has 0 aromatic carbocycles. The Morgan fingerprint density at radius 3 is 2.63 bits per heavy atom. The molecular weight excluding hydrogens is 280 g/mol. The summed E-state index contributed by atoms with van der Waals surface area (Å²) in [6.45, 7) is -0.209. The number of amides is 2. The molecule has 8 nitrogen and oxygen atoms in total. The van der Waals surface area contributed by atoms with Gasteiger partial charge in [-0.25, -0.2) is 4.79 Å². The standard InChI is InChI=1S/C10H19ClN2O6/c1-18-9-6(13-10(17)12-3-2-11)8(16)7(15)5(4-14)19-9/h5-9,14-16H,2-4H2,1H3,(H2,12,13,17)/t5-,6-,7-,8-,9-/m1/s1. The van der Waals surface area contributed by atoms with E-state index in [2.05, 4.69) is 10.6 Å². The lowest BCUT2D eigenvalue weighted by molar-refractivity contribution is -0.261. The Hall–Kier alpha value is -0.640. The van der Waals surface area contributed by atoms with Gasteiger partial charge in [-0.3, -0.25) is 0 Å². The summed E-state index contributed by atoms with van der Waals surface area (Å²) in [5, 5.41) is 33.5. The number of aliphatic hydroxyl groups is 3. The fourth-order valence-corrected chi connectivity index (χ4v) is 1.90. The van der Waals surface area contributed by atoms with Crippen LogP contribution in [-0.2, 0) is 9.47 Å². The van der Waals surface area contributed by atoms with Crippen molar-refractivity contribution < 1.29 is 29.6 Å². The predicted octanol–water partition coefficient (Wildman–Crippen LogP) is -2.02. The maximum absolute atomic E-state index is 11.5. The van der Waals surface area contributed by atoms with Crippen LogP contribution in [0.4, 0.5) is 4.79 Å². The van der Waals surface area contributed by atoms with Gasteiger partial charge in [0.1, 0.15) is 24.4 Å². The van der Waals surface area contributed by atoms with Crippen molar-refractivity contribution in [2.75, 3.05) is 26.1 Å². The third-order valence-electron chi connectivity index (χ3n) is 2.79. The van der Waals surface area contributed by atoms with Crippen LogP contribution in [-0.4, -0.2) is 78.1 Å². The van der Waals surface area contributed by atoms with Crippen LogP contribution in [0.25, 0.3) is 0 Å². The summed E-state index contributed by atoms with van der Waals surface area (Å²) in [6.07, 6.45) is -4.59. The van der Waals surface area contributed by atoms with Crippen LogP contribution in [0.1, 0.15) is 0 Å². The normalized spacial score (nSPS) is 34.9. The number of carbonyl (C=O) groups excluding carboxylic acids is 1. The van der Waals surface area contributed by atoms with Gasteiger partial charge in [0.15, 0.2) is 6.29 Å². The van der Waals surface area contributed by atoms with Gasteiger partial charge in [-0.15, -0.1) is 11.6 Å². The zero-order chi connectivity index (χ0) is 14.4. The molecule has 0 spiro atoms. The van der Waals surface area contributed by atoms with E-state index in [1.54, 1.807) is 0 Å². The number of hydrogen-bond acceptors (Lipinski definition) is 6. The minimum Gasteiger partial charge on any atom is -0.394 e. The van der Waals surface area contributed by atoms with Crippen molar-refractivity contribution >= 4 is 17.6 Å². The monoisotopic (exact) mass is 298 g/mol. The van der Waals surface area contributed by atoms with E-state index in [0.717, 1.165) is 0 Å². The number of methoxy groups -OCH3 is 1. The molecule has 0 aromatic rings. The van der Waals surface area contributed by atoms with Crippen molar-refractivity contribution in [3.8, 4) is 0 Å². The van der Waals surface area contributed by atoms with Crippen LogP contribution < -0.4 is 10.6 Å². The molecule has 0 bridgehead atoms. The fraction of sp³-hybridized carbons (Fsp3) is 0.900. The first kappa shape index (κ1) is 16.4. The van der Waals surface area contributed by atoms with Gasteiger partial charge in [0.25, 0.3) is 0 Å². The van der Waals surface area contributed by atoms with Gasteiger partial charge < -0.3 is 35.4 Å². The van der Waals surface area contributed by atoms with Gasteiger partial charge in [-0.2, -0.15) is 0 Å². The SMILES string of the molecule is CO[C@@H]1O[C@H](CO)[C@@H](O)[C@H](O)[C@H]1NC(=O)NCCCl. The summed E-state index contributed by atoms with van der Waals surface area (Å²) >= 11 is 5.43. The number of ether oxygens (including phenoxy) is 2. The lowest BCUT2D eigenvalue weighted by Crippen LogP contribution is -2.65. The molecule has 1 heterocycles. The first-order valence-electron chi connectivity index (χ1n) is 5.80. The van der Waals surface area contributed by atoms with Crippen molar-refractivity contribution in [2.45, 2.75) is 30.6 Å². The van der Waals surface area contributed by atoms with E-state index < -0.39 is 43.3 Å². The predicted molar refractivity (Wildman–Crippen MR) is 65.8 cm³/mol. The number of halogens is 1. The third-order valence-corrected chi connectivity index (χ3v) is 2.98. The Balaban J connectivity index is 2.65.